The summed E-state index contributed by atoms with van der Waals surface area (Å²) in [5.41, 5.74) is 1.27. The van der Waals surface area contributed by atoms with Crippen LogP contribution in [0.5, 0.6) is 5.75 Å². The summed E-state index contributed by atoms with van der Waals surface area (Å²) >= 11 is 0. The van der Waals surface area contributed by atoms with Crippen LogP contribution in [0.1, 0.15) is 51.5 Å². The number of hydrogen-bond donors (Lipinski definition) is 1. The first-order valence-corrected chi connectivity index (χ1v) is 8.13. The molecule has 0 saturated heterocycles. The van der Waals surface area contributed by atoms with Crippen molar-refractivity contribution in [2.75, 3.05) is 6.61 Å². The Morgan fingerprint density at radius 3 is 2.40 bits per heavy atom. The predicted molar refractivity (Wildman–Crippen MR) is 85.3 cm³/mol. The lowest BCUT2D eigenvalue weighted by atomic mass is 9.84. The second kappa shape index (κ2) is 7.68. The van der Waals surface area contributed by atoms with Gasteiger partial charge in [-0.3, -0.25) is 0 Å². The fourth-order valence-electron chi connectivity index (χ4n) is 3.04. The van der Waals surface area contributed by atoms with Crippen LogP contribution in [-0.4, -0.2) is 18.7 Å². The lowest BCUT2D eigenvalue weighted by Gasteiger charge is -2.30. The summed E-state index contributed by atoms with van der Waals surface area (Å²) in [5.74, 6) is 1.94. The lowest BCUT2D eigenvalue weighted by molar-refractivity contribution is 0.226. The Bertz CT molecular complexity index is 379. The maximum absolute atomic E-state index is 5.84. The van der Waals surface area contributed by atoms with E-state index in [-0.39, 0.29) is 0 Å². The van der Waals surface area contributed by atoms with Gasteiger partial charge in [-0.1, -0.05) is 31.0 Å². The van der Waals surface area contributed by atoms with Crippen molar-refractivity contribution in [3.63, 3.8) is 0 Å². The van der Waals surface area contributed by atoms with Crippen molar-refractivity contribution in [3.8, 4) is 5.75 Å². The average Bonchev–Trinajstić information content (AvgIpc) is 2.47. The molecule has 20 heavy (non-hydrogen) atoms. The van der Waals surface area contributed by atoms with Crippen molar-refractivity contribution in [3.05, 3.63) is 29.8 Å². The Labute approximate surface area is 123 Å². The van der Waals surface area contributed by atoms with Gasteiger partial charge in [0.2, 0.25) is 0 Å². The third-order valence-corrected chi connectivity index (χ3v) is 4.47. The minimum Gasteiger partial charge on any atom is -0.492 e. The average molecular weight is 275 g/mol. The first-order chi connectivity index (χ1) is 9.67. The standard InChI is InChI=1S/C18H29NO/c1-4-16-7-9-17(10-8-16)19-15(3)13-20-18-11-5-14(2)6-12-18/h5-6,11-12,15-17,19H,4,7-10,13H2,1-3H3. The molecule has 0 aromatic heterocycles. The molecular formula is C18H29NO. The summed E-state index contributed by atoms with van der Waals surface area (Å²) in [6.07, 6.45) is 6.78. The predicted octanol–water partition coefficient (Wildman–Crippen LogP) is 4.32. The van der Waals surface area contributed by atoms with Crippen molar-refractivity contribution in [1.29, 1.82) is 0 Å². The first kappa shape index (κ1) is 15.4. The van der Waals surface area contributed by atoms with Gasteiger partial charge in [0.1, 0.15) is 12.4 Å². The molecule has 0 heterocycles. The van der Waals surface area contributed by atoms with E-state index in [9.17, 15) is 0 Å². The van der Waals surface area contributed by atoms with E-state index < -0.39 is 0 Å². The lowest BCUT2D eigenvalue weighted by Crippen LogP contribution is -2.41. The summed E-state index contributed by atoms with van der Waals surface area (Å²) in [4.78, 5) is 0. The van der Waals surface area contributed by atoms with Crippen molar-refractivity contribution < 1.29 is 4.74 Å². The third kappa shape index (κ3) is 4.82. The van der Waals surface area contributed by atoms with Crippen LogP contribution in [0.3, 0.4) is 0 Å². The van der Waals surface area contributed by atoms with Gasteiger partial charge in [0.15, 0.2) is 0 Å². The van der Waals surface area contributed by atoms with E-state index in [2.05, 4.69) is 50.4 Å². The number of aryl methyl sites for hydroxylation is 1. The van der Waals surface area contributed by atoms with Crippen LogP contribution in [0.25, 0.3) is 0 Å². The van der Waals surface area contributed by atoms with Crippen molar-refractivity contribution >= 4 is 0 Å². The Morgan fingerprint density at radius 2 is 1.80 bits per heavy atom. The molecule has 0 radical (unpaired) electrons. The molecule has 2 heteroatoms. The van der Waals surface area contributed by atoms with Gasteiger partial charge in [0.05, 0.1) is 0 Å². The molecule has 1 aliphatic carbocycles. The van der Waals surface area contributed by atoms with Gasteiger partial charge in [-0.05, 0) is 57.6 Å². The van der Waals surface area contributed by atoms with Crippen LogP contribution in [0.4, 0.5) is 0 Å². The highest BCUT2D eigenvalue weighted by molar-refractivity contribution is 5.26. The number of benzene rings is 1. The van der Waals surface area contributed by atoms with E-state index in [0.29, 0.717) is 12.1 Å². The summed E-state index contributed by atoms with van der Waals surface area (Å²) in [6, 6.07) is 9.40. The molecule has 2 rings (SSSR count). The highest BCUT2D eigenvalue weighted by Gasteiger charge is 2.20. The molecule has 1 unspecified atom stereocenters. The van der Waals surface area contributed by atoms with Crippen LogP contribution in [0, 0.1) is 12.8 Å². The highest BCUT2D eigenvalue weighted by Crippen LogP contribution is 2.26. The molecular weight excluding hydrogens is 246 g/mol. The highest BCUT2D eigenvalue weighted by atomic mass is 16.5. The van der Waals surface area contributed by atoms with Crippen molar-refractivity contribution in [2.45, 2.75) is 65.0 Å². The second-order valence-corrected chi connectivity index (χ2v) is 6.32. The number of rotatable bonds is 6. The molecule has 2 nitrogen and oxygen atoms in total. The SMILES string of the molecule is CCC1CCC(NC(C)COc2ccc(C)cc2)CC1. The van der Waals surface area contributed by atoms with Crippen LogP contribution in [0.2, 0.25) is 0 Å². The van der Waals surface area contributed by atoms with Crippen LogP contribution >= 0.6 is 0 Å². The molecule has 1 saturated carbocycles. The minimum absolute atomic E-state index is 0.416. The summed E-state index contributed by atoms with van der Waals surface area (Å²) < 4.78 is 5.84. The zero-order valence-electron chi connectivity index (χ0n) is 13.2. The van der Waals surface area contributed by atoms with Gasteiger partial charge in [0.25, 0.3) is 0 Å². The van der Waals surface area contributed by atoms with E-state index in [4.69, 9.17) is 4.74 Å². The Kier molecular flexibility index (Phi) is 5.90. The van der Waals surface area contributed by atoms with E-state index >= 15 is 0 Å². The van der Waals surface area contributed by atoms with Gasteiger partial charge in [-0.2, -0.15) is 0 Å². The van der Waals surface area contributed by atoms with E-state index in [0.717, 1.165) is 18.3 Å². The zero-order valence-corrected chi connectivity index (χ0v) is 13.2. The van der Waals surface area contributed by atoms with Crippen LogP contribution in [-0.2, 0) is 0 Å². The topological polar surface area (TPSA) is 21.3 Å². The Hall–Kier alpha value is -1.02. The van der Waals surface area contributed by atoms with E-state index in [1.165, 1.54) is 37.7 Å². The Balaban J connectivity index is 1.68. The van der Waals surface area contributed by atoms with Gasteiger partial charge >= 0.3 is 0 Å². The quantitative estimate of drug-likeness (QED) is 0.834. The second-order valence-electron chi connectivity index (χ2n) is 6.32. The molecule has 112 valence electrons. The van der Waals surface area contributed by atoms with Crippen LogP contribution < -0.4 is 10.1 Å². The van der Waals surface area contributed by atoms with Gasteiger partial charge in [-0.15, -0.1) is 0 Å². The molecule has 1 N–H and O–H groups in total. The number of ether oxygens (including phenoxy) is 1. The van der Waals surface area contributed by atoms with Gasteiger partial charge < -0.3 is 10.1 Å². The summed E-state index contributed by atoms with van der Waals surface area (Å²) in [6.45, 7) is 7.38. The molecule has 1 aromatic carbocycles. The third-order valence-electron chi connectivity index (χ3n) is 4.47. The summed E-state index contributed by atoms with van der Waals surface area (Å²) in [7, 11) is 0. The normalized spacial score (nSPS) is 24.4. The fraction of sp³-hybridized carbons (Fsp3) is 0.667. The first-order valence-electron chi connectivity index (χ1n) is 8.13. The van der Waals surface area contributed by atoms with E-state index in [1.807, 2.05) is 0 Å². The fourth-order valence-corrected chi connectivity index (χ4v) is 3.04. The van der Waals surface area contributed by atoms with Gasteiger partial charge in [0, 0.05) is 12.1 Å². The molecule has 1 fully saturated rings. The molecule has 0 aliphatic heterocycles. The molecule has 1 aromatic rings. The molecule has 1 atom stereocenters. The Morgan fingerprint density at radius 1 is 1.15 bits per heavy atom. The summed E-state index contributed by atoms with van der Waals surface area (Å²) in [5, 5.41) is 3.72. The number of nitrogens with one attached hydrogen (secondary N) is 1. The monoisotopic (exact) mass is 275 g/mol. The molecule has 0 bridgehead atoms. The largest absolute Gasteiger partial charge is 0.492 e. The van der Waals surface area contributed by atoms with Crippen LogP contribution in [0.15, 0.2) is 24.3 Å². The van der Waals surface area contributed by atoms with E-state index in [1.54, 1.807) is 0 Å². The zero-order chi connectivity index (χ0) is 14.4. The maximum atomic E-state index is 5.84. The molecule has 1 aliphatic rings. The molecule has 0 amide bonds. The van der Waals surface area contributed by atoms with Gasteiger partial charge in [-0.25, -0.2) is 0 Å². The smallest absolute Gasteiger partial charge is 0.119 e. The van der Waals surface area contributed by atoms with Crippen molar-refractivity contribution in [1.82, 2.24) is 5.32 Å². The molecule has 0 spiro atoms. The maximum Gasteiger partial charge on any atom is 0.119 e. The number of hydrogen-bond acceptors (Lipinski definition) is 2. The minimum atomic E-state index is 0.416. The van der Waals surface area contributed by atoms with Crippen molar-refractivity contribution in [2.24, 2.45) is 5.92 Å².